The standard InChI is InChI=1S/C28H27FN2O5/c1-35-27(33)24(15-21-12-7-8-14-23(21)29)30-26(32)25-16-20-11-5-6-13-22(20)17-31(25)28(34)36-18-19-9-3-2-4-10-19/h2-14,24-25H,15-18H2,1H3,(H,30,32)/t24-,25-/m0/s1. The SMILES string of the molecule is COC(=O)[C@H](Cc1ccccc1F)NC(=O)[C@@H]1Cc2ccccc2CN1C(=O)OCc1ccccc1. The average molecular weight is 491 g/mol. The molecule has 0 fully saturated rings. The summed E-state index contributed by atoms with van der Waals surface area (Å²) in [4.78, 5) is 40.3. The first-order chi connectivity index (χ1) is 17.5. The highest BCUT2D eigenvalue weighted by atomic mass is 19.1. The molecule has 186 valence electrons. The lowest BCUT2D eigenvalue weighted by Crippen LogP contribution is -2.56. The van der Waals surface area contributed by atoms with Crippen molar-refractivity contribution in [2.45, 2.75) is 38.1 Å². The summed E-state index contributed by atoms with van der Waals surface area (Å²) in [7, 11) is 1.20. The molecule has 0 saturated heterocycles. The molecule has 8 heteroatoms. The number of esters is 1. The van der Waals surface area contributed by atoms with E-state index in [2.05, 4.69) is 5.32 Å². The fourth-order valence-corrected chi connectivity index (χ4v) is 4.24. The summed E-state index contributed by atoms with van der Waals surface area (Å²) in [5, 5.41) is 2.67. The number of amides is 2. The lowest BCUT2D eigenvalue weighted by molar-refractivity contribution is -0.145. The maximum atomic E-state index is 14.2. The minimum absolute atomic E-state index is 0.0598. The van der Waals surface area contributed by atoms with Crippen molar-refractivity contribution in [1.82, 2.24) is 10.2 Å². The van der Waals surface area contributed by atoms with E-state index in [1.54, 1.807) is 18.2 Å². The molecular weight excluding hydrogens is 463 g/mol. The third-order valence-corrected chi connectivity index (χ3v) is 6.17. The second-order valence-corrected chi connectivity index (χ2v) is 8.54. The second-order valence-electron chi connectivity index (χ2n) is 8.54. The van der Waals surface area contributed by atoms with E-state index in [9.17, 15) is 18.8 Å². The van der Waals surface area contributed by atoms with E-state index in [0.29, 0.717) is 0 Å². The Balaban J connectivity index is 1.54. The summed E-state index contributed by atoms with van der Waals surface area (Å²) in [6.45, 7) is 0.238. The first kappa shape index (κ1) is 24.9. The van der Waals surface area contributed by atoms with Crippen molar-refractivity contribution in [1.29, 1.82) is 0 Å². The van der Waals surface area contributed by atoms with Crippen LogP contribution in [0.3, 0.4) is 0 Å². The fraction of sp³-hybridized carbons (Fsp3) is 0.250. The molecule has 1 aliphatic heterocycles. The van der Waals surface area contributed by atoms with Gasteiger partial charge in [-0.25, -0.2) is 14.0 Å². The summed E-state index contributed by atoms with van der Waals surface area (Å²) in [6, 6.07) is 20.8. The minimum atomic E-state index is -1.13. The molecule has 4 rings (SSSR count). The summed E-state index contributed by atoms with van der Waals surface area (Å²) in [6.07, 6.45) is -0.486. The number of fused-ring (bicyclic) bond motifs is 1. The van der Waals surface area contributed by atoms with Gasteiger partial charge in [0.05, 0.1) is 13.7 Å². The van der Waals surface area contributed by atoms with Crippen molar-refractivity contribution < 1.29 is 28.2 Å². The van der Waals surface area contributed by atoms with Gasteiger partial charge in [0.1, 0.15) is 24.5 Å². The summed E-state index contributed by atoms with van der Waals surface area (Å²) in [5.41, 5.74) is 2.92. The Bertz CT molecular complexity index is 1230. The molecule has 0 radical (unpaired) electrons. The van der Waals surface area contributed by atoms with E-state index >= 15 is 0 Å². The van der Waals surface area contributed by atoms with Crippen molar-refractivity contribution >= 4 is 18.0 Å². The van der Waals surface area contributed by atoms with Crippen LogP contribution < -0.4 is 5.32 Å². The second kappa shape index (κ2) is 11.5. The molecular formula is C28H27FN2O5. The van der Waals surface area contributed by atoms with Gasteiger partial charge in [0.2, 0.25) is 5.91 Å². The normalized spacial score (nSPS) is 15.4. The minimum Gasteiger partial charge on any atom is -0.467 e. The highest BCUT2D eigenvalue weighted by Crippen LogP contribution is 2.25. The number of hydrogen-bond acceptors (Lipinski definition) is 5. The number of halogens is 1. The fourth-order valence-electron chi connectivity index (χ4n) is 4.24. The summed E-state index contributed by atoms with van der Waals surface area (Å²) in [5.74, 6) is -1.74. The Morgan fingerprint density at radius 2 is 1.64 bits per heavy atom. The highest BCUT2D eigenvalue weighted by Gasteiger charge is 2.37. The van der Waals surface area contributed by atoms with Crippen LogP contribution in [0.25, 0.3) is 0 Å². The first-order valence-electron chi connectivity index (χ1n) is 11.6. The van der Waals surface area contributed by atoms with Crippen molar-refractivity contribution in [2.75, 3.05) is 7.11 Å². The van der Waals surface area contributed by atoms with Gasteiger partial charge in [0.15, 0.2) is 0 Å². The molecule has 0 unspecified atom stereocenters. The van der Waals surface area contributed by atoms with Gasteiger partial charge in [-0.3, -0.25) is 9.69 Å². The van der Waals surface area contributed by atoms with E-state index < -0.39 is 35.9 Å². The molecule has 2 amide bonds. The Morgan fingerprint density at radius 3 is 2.36 bits per heavy atom. The van der Waals surface area contributed by atoms with E-state index in [0.717, 1.165) is 16.7 Å². The summed E-state index contributed by atoms with van der Waals surface area (Å²) >= 11 is 0. The zero-order valence-corrected chi connectivity index (χ0v) is 19.9. The van der Waals surface area contributed by atoms with E-state index in [4.69, 9.17) is 9.47 Å². The van der Waals surface area contributed by atoms with Gasteiger partial charge in [-0.1, -0.05) is 72.8 Å². The number of carbonyl (C=O) groups is 3. The Hall–Kier alpha value is -4.20. The van der Waals surface area contributed by atoms with Gasteiger partial charge in [0, 0.05) is 12.8 Å². The van der Waals surface area contributed by atoms with Gasteiger partial charge in [-0.05, 0) is 28.3 Å². The largest absolute Gasteiger partial charge is 0.467 e. The van der Waals surface area contributed by atoms with Crippen molar-refractivity contribution in [3.8, 4) is 0 Å². The van der Waals surface area contributed by atoms with Crippen molar-refractivity contribution in [3.05, 3.63) is 107 Å². The van der Waals surface area contributed by atoms with Gasteiger partial charge < -0.3 is 14.8 Å². The lowest BCUT2D eigenvalue weighted by Gasteiger charge is -2.35. The van der Waals surface area contributed by atoms with Crippen molar-refractivity contribution in [3.63, 3.8) is 0 Å². The molecule has 1 aliphatic rings. The number of carbonyl (C=O) groups excluding carboxylic acids is 3. The van der Waals surface area contributed by atoms with E-state index in [-0.39, 0.29) is 31.6 Å². The lowest BCUT2D eigenvalue weighted by atomic mass is 9.93. The molecule has 3 aromatic rings. The molecule has 1 N–H and O–H groups in total. The average Bonchev–Trinajstić information content (AvgIpc) is 2.91. The number of rotatable bonds is 7. The molecule has 0 aromatic heterocycles. The van der Waals surface area contributed by atoms with Crippen LogP contribution in [0.1, 0.15) is 22.3 Å². The van der Waals surface area contributed by atoms with E-state index in [1.807, 2.05) is 54.6 Å². The molecule has 0 aliphatic carbocycles. The number of ether oxygens (including phenoxy) is 2. The quantitative estimate of drug-likeness (QED) is 0.510. The molecule has 7 nitrogen and oxygen atoms in total. The van der Waals surface area contributed by atoms with Crippen LogP contribution >= 0.6 is 0 Å². The monoisotopic (exact) mass is 490 g/mol. The third-order valence-electron chi connectivity index (χ3n) is 6.17. The van der Waals surface area contributed by atoms with Crippen LogP contribution in [0.4, 0.5) is 9.18 Å². The molecule has 3 aromatic carbocycles. The Morgan fingerprint density at radius 1 is 0.972 bits per heavy atom. The Labute approximate surface area is 208 Å². The Kier molecular flexibility index (Phi) is 7.95. The topological polar surface area (TPSA) is 84.9 Å². The van der Waals surface area contributed by atoms with Crippen LogP contribution in [-0.4, -0.2) is 42.1 Å². The molecule has 2 atom stereocenters. The number of methoxy groups -OCH3 is 1. The molecule has 1 heterocycles. The molecule has 36 heavy (non-hydrogen) atoms. The van der Waals surface area contributed by atoms with Crippen LogP contribution in [0.15, 0.2) is 78.9 Å². The number of nitrogens with one attached hydrogen (secondary N) is 1. The molecule has 0 bridgehead atoms. The predicted octanol–water partition coefficient (Wildman–Crippen LogP) is 3.79. The van der Waals surface area contributed by atoms with Gasteiger partial charge in [-0.2, -0.15) is 0 Å². The van der Waals surface area contributed by atoms with Gasteiger partial charge >= 0.3 is 12.1 Å². The van der Waals surface area contributed by atoms with Crippen molar-refractivity contribution in [2.24, 2.45) is 0 Å². The first-order valence-corrected chi connectivity index (χ1v) is 11.6. The number of hydrogen-bond donors (Lipinski definition) is 1. The van der Waals surface area contributed by atoms with E-state index in [1.165, 1.54) is 18.1 Å². The summed E-state index contributed by atoms with van der Waals surface area (Å²) < 4.78 is 24.6. The van der Waals surface area contributed by atoms with Gasteiger partial charge in [-0.15, -0.1) is 0 Å². The van der Waals surface area contributed by atoms with Crippen LogP contribution in [0.5, 0.6) is 0 Å². The molecule has 0 saturated carbocycles. The van der Waals surface area contributed by atoms with Crippen LogP contribution in [-0.2, 0) is 45.1 Å². The van der Waals surface area contributed by atoms with Crippen LogP contribution in [0, 0.1) is 5.82 Å². The predicted molar refractivity (Wildman–Crippen MR) is 130 cm³/mol. The van der Waals surface area contributed by atoms with Crippen LogP contribution in [0.2, 0.25) is 0 Å². The molecule has 0 spiro atoms. The number of benzene rings is 3. The third kappa shape index (κ3) is 5.89. The van der Waals surface area contributed by atoms with Gasteiger partial charge in [0.25, 0.3) is 0 Å². The number of nitrogens with zero attached hydrogens (tertiary/aromatic N) is 1. The maximum Gasteiger partial charge on any atom is 0.411 e. The smallest absolute Gasteiger partial charge is 0.411 e. The maximum absolute atomic E-state index is 14.2. The highest BCUT2D eigenvalue weighted by molar-refractivity contribution is 5.90. The zero-order valence-electron chi connectivity index (χ0n) is 19.9. The zero-order chi connectivity index (χ0) is 25.5.